The largest absolute Gasteiger partial charge is 0.359 e. The lowest BCUT2D eigenvalue weighted by Crippen LogP contribution is -2.13. The van der Waals surface area contributed by atoms with Crippen LogP contribution in [0.1, 0.15) is 5.56 Å². The second kappa shape index (κ2) is 4.03. The molecule has 0 saturated carbocycles. The van der Waals surface area contributed by atoms with Crippen molar-refractivity contribution in [2.75, 3.05) is 7.05 Å². The van der Waals surface area contributed by atoms with Crippen LogP contribution >= 0.6 is 12.2 Å². The standard InChI is InChI=1S/C8H9N2S/c1-10(7-11)6-8-3-2-4-9-5-8/h2-5H,6H2,1H3. The van der Waals surface area contributed by atoms with Crippen LogP contribution in [0.4, 0.5) is 0 Å². The van der Waals surface area contributed by atoms with Gasteiger partial charge < -0.3 is 4.90 Å². The molecule has 2 nitrogen and oxygen atoms in total. The highest BCUT2D eigenvalue weighted by molar-refractivity contribution is 7.78. The first-order chi connectivity index (χ1) is 5.33. The first-order valence-corrected chi connectivity index (χ1v) is 3.71. The number of nitrogens with zero attached hydrogens (tertiary/aromatic N) is 2. The van der Waals surface area contributed by atoms with Crippen molar-refractivity contribution in [3.63, 3.8) is 0 Å². The molecule has 1 rings (SSSR count). The van der Waals surface area contributed by atoms with E-state index in [-0.39, 0.29) is 0 Å². The summed E-state index contributed by atoms with van der Waals surface area (Å²) in [5.74, 6) is 0. The molecule has 1 radical (unpaired) electrons. The van der Waals surface area contributed by atoms with E-state index in [0.29, 0.717) is 0 Å². The number of aromatic nitrogens is 1. The first kappa shape index (κ1) is 8.14. The molecule has 11 heavy (non-hydrogen) atoms. The van der Waals surface area contributed by atoms with Gasteiger partial charge in [-0.3, -0.25) is 4.98 Å². The van der Waals surface area contributed by atoms with Gasteiger partial charge in [0.1, 0.15) is 5.49 Å². The molecule has 0 bridgehead atoms. The molecule has 1 heterocycles. The Hall–Kier alpha value is -0.960. The van der Waals surface area contributed by atoms with E-state index in [1.165, 1.54) is 0 Å². The second-order valence-corrected chi connectivity index (χ2v) is 2.49. The smallest absolute Gasteiger partial charge is 0.136 e. The molecule has 0 aromatic carbocycles. The van der Waals surface area contributed by atoms with Crippen LogP contribution in [0.15, 0.2) is 24.5 Å². The number of hydrogen-bond donors (Lipinski definition) is 0. The Labute approximate surface area is 71.9 Å². The van der Waals surface area contributed by atoms with Crippen LogP contribution < -0.4 is 0 Å². The third kappa shape index (κ3) is 2.63. The molecular weight excluding hydrogens is 156 g/mol. The van der Waals surface area contributed by atoms with Gasteiger partial charge in [0.25, 0.3) is 0 Å². The van der Waals surface area contributed by atoms with Crippen LogP contribution in [-0.4, -0.2) is 22.4 Å². The summed E-state index contributed by atoms with van der Waals surface area (Å²) >= 11 is 4.63. The fourth-order valence-corrected chi connectivity index (χ4v) is 0.862. The average Bonchev–Trinajstić information content (AvgIpc) is 2.06. The second-order valence-electron chi connectivity index (χ2n) is 2.31. The molecule has 0 atom stereocenters. The molecule has 0 saturated heterocycles. The van der Waals surface area contributed by atoms with E-state index in [2.05, 4.69) is 22.7 Å². The molecule has 0 N–H and O–H groups in total. The van der Waals surface area contributed by atoms with Crippen molar-refractivity contribution in [2.24, 2.45) is 0 Å². The zero-order valence-electron chi connectivity index (χ0n) is 6.32. The molecule has 1 aromatic rings. The summed E-state index contributed by atoms with van der Waals surface area (Å²) in [5.41, 5.74) is 3.75. The van der Waals surface area contributed by atoms with Gasteiger partial charge in [0.2, 0.25) is 0 Å². The predicted molar refractivity (Wildman–Crippen MR) is 48.3 cm³/mol. The lowest BCUT2D eigenvalue weighted by Gasteiger charge is -2.09. The maximum absolute atomic E-state index is 4.63. The Morgan fingerprint density at radius 1 is 1.73 bits per heavy atom. The summed E-state index contributed by atoms with van der Waals surface area (Å²) in [6, 6.07) is 3.92. The zero-order chi connectivity index (χ0) is 8.10. The first-order valence-electron chi connectivity index (χ1n) is 3.31. The lowest BCUT2D eigenvalue weighted by molar-refractivity contribution is 0.522. The number of pyridine rings is 1. The Balaban J connectivity index is 2.57. The van der Waals surface area contributed by atoms with E-state index in [0.717, 1.165) is 12.1 Å². The topological polar surface area (TPSA) is 16.1 Å². The highest BCUT2D eigenvalue weighted by Gasteiger charge is 1.93. The summed E-state index contributed by atoms with van der Waals surface area (Å²) < 4.78 is 0. The summed E-state index contributed by atoms with van der Waals surface area (Å²) in [5, 5.41) is 0. The third-order valence-corrected chi connectivity index (χ3v) is 1.61. The Bertz CT molecular complexity index is 223. The van der Waals surface area contributed by atoms with Gasteiger partial charge in [-0.15, -0.1) is 0 Å². The summed E-state index contributed by atoms with van der Waals surface area (Å²) in [7, 11) is 1.89. The summed E-state index contributed by atoms with van der Waals surface area (Å²) in [6.45, 7) is 0.775. The minimum Gasteiger partial charge on any atom is -0.359 e. The molecule has 0 aliphatic carbocycles. The van der Waals surface area contributed by atoms with Crippen LogP contribution in [0.5, 0.6) is 0 Å². The van der Waals surface area contributed by atoms with Gasteiger partial charge in [-0.2, -0.15) is 0 Å². The van der Waals surface area contributed by atoms with E-state index in [4.69, 9.17) is 0 Å². The monoisotopic (exact) mass is 165 g/mol. The van der Waals surface area contributed by atoms with Crippen LogP contribution in [0.2, 0.25) is 0 Å². The third-order valence-electron chi connectivity index (χ3n) is 1.30. The number of thiocarbonyl (C=S) groups is 1. The molecular formula is C8H9N2S. The van der Waals surface area contributed by atoms with Crippen molar-refractivity contribution >= 4 is 17.7 Å². The SMILES string of the molecule is CN([C]=S)Cc1cccnc1. The molecule has 0 spiro atoms. The molecule has 0 aliphatic rings. The maximum atomic E-state index is 4.63. The summed E-state index contributed by atoms with van der Waals surface area (Å²) in [6.07, 6.45) is 3.58. The lowest BCUT2D eigenvalue weighted by atomic mass is 10.3. The van der Waals surface area contributed by atoms with Gasteiger partial charge in [-0.05, 0) is 11.6 Å². The Kier molecular flexibility index (Phi) is 2.98. The van der Waals surface area contributed by atoms with Gasteiger partial charge in [-0.25, -0.2) is 0 Å². The van der Waals surface area contributed by atoms with Gasteiger partial charge in [0, 0.05) is 26.0 Å². The van der Waals surface area contributed by atoms with E-state index >= 15 is 0 Å². The van der Waals surface area contributed by atoms with Gasteiger partial charge in [0.15, 0.2) is 0 Å². The van der Waals surface area contributed by atoms with Crippen LogP contribution in [0.25, 0.3) is 0 Å². The normalized spacial score (nSPS) is 9.18. The van der Waals surface area contributed by atoms with E-state index in [9.17, 15) is 0 Å². The van der Waals surface area contributed by atoms with Gasteiger partial charge in [-0.1, -0.05) is 18.3 Å². The molecule has 0 unspecified atom stereocenters. The van der Waals surface area contributed by atoms with Crippen molar-refractivity contribution < 1.29 is 0 Å². The average molecular weight is 165 g/mol. The van der Waals surface area contributed by atoms with Crippen molar-refractivity contribution in [3.8, 4) is 0 Å². The Morgan fingerprint density at radius 3 is 3.09 bits per heavy atom. The maximum Gasteiger partial charge on any atom is 0.136 e. The predicted octanol–water partition coefficient (Wildman–Crippen LogP) is 1.35. The van der Waals surface area contributed by atoms with Crippen molar-refractivity contribution in [2.45, 2.75) is 6.54 Å². The van der Waals surface area contributed by atoms with Crippen LogP contribution in [0, 0.1) is 0 Å². The fraction of sp³-hybridized carbons (Fsp3) is 0.250. The molecule has 1 aromatic heterocycles. The highest BCUT2D eigenvalue weighted by atomic mass is 32.1. The van der Waals surface area contributed by atoms with E-state index in [1.54, 1.807) is 6.20 Å². The molecule has 0 fully saturated rings. The molecule has 57 valence electrons. The summed E-state index contributed by atoms with van der Waals surface area (Å²) in [4.78, 5) is 5.80. The molecule has 0 aliphatic heterocycles. The van der Waals surface area contributed by atoms with Crippen molar-refractivity contribution in [1.29, 1.82) is 0 Å². The van der Waals surface area contributed by atoms with Gasteiger partial charge in [0.05, 0.1) is 0 Å². The number of hydrogen-bond acceptors (Lipinski definition) is 2. The van der Waals surface area contributed by atoms with E-state index in [1.807, 2.05) is 30.3 Å². The number of rotatable bonds is 3. The zero-order valence-corrected chi connectivity index (χ0v) is 7.14. The molecule has 3 heteroatoms. The van der Waals surface area contributed by atoms with Crippen molar-refractivity contribution in [3.05, 3.63) is 30.1 Å². The molecule has 0 amide bonds. The van der Waals surface area contributed by atoms with Crippen LogP contribution in [0.3, 0.4) is 0 Å². The van der Waals surface area contributed by atoms with Crippen molar-refractivity contribution in [1.82, 2.24) is 9.88 Å². The van der Waals surface area contributed by atoms with E-state index < -0.39 is 0 Å². The minimum absolute atomic E-state index is 0.775. The quantitative estimate of drug-likeness (QED) is 0.497. The Morgan fingerprint density at radius 2 is 2.55 bits per heavy atom. The van der Waals surface area contributed by atoms with Crippen LogP contribution in [-0.2, 0) is 6.54 Å². The highest BCUT2D eigenvalue weighted by Crippen LogP contribution is 1.98. The fourth-order valence-electron chi connectivity index (χ4n) is 0.798. The minimum atomic E-state index is 0.775. The van der Waals surface area contributed by atoms with Gasteiger partial charge >= 0.3 is 0 Å².